The molecular weight excluding hydrogens is 252 g/mol. The molecule has 1 atom stereocenters. The van der Waals surface area contributed by atoms with E-state index in [0.29, 0.717) is 5.69 Å². The molecule has 0 aliphatic carbocycles. The number of amides is 1. The van der Waals surface area contributed by atoms with Crippen molar-refractivity contribution in [3.63, 3.8) is 0 Å². The maximum Gasteiger partial charge on any atom is 0.242 e. The second kappa shape index (κ2) is 4.82. The lowest BCUT2D eigenvalue weighted by molar-refractivity contribution is -0.115. The summed E-state index contributed by atoms with van der Waals surface area (Å²) in [5, 5.41) is 6.78. The molecule has 0 aromatic heterocycles. The van der Waals surface area contributed by atoms with Gasteiger partial charge in [0.25, 0.3) is 0 Å². The fourth-order valence-electron chi connectivity index (χ4n) is 0.970. The second-order valence-electron chi connectivity index (χ2n) is 3.17. The molecule has 0 aliphatic heterocycles. The summed E-state index contributed by atoms with van der Waals surface area (Å²) in [5.41, 5.74) is 0.463. The summed E-state index contributed by atoms with van der Waals surface area (Å²) in [6.45, 7) is 1.54. The van der Waals surface area contributed by atoms with Crippen molar-refractivity contribution in [2.45, 2.75) is 17.2 Å². The highest BCUT2D eigenvalue weighted by molar-refractivity contribution is 7.89. The largest absolute Gasteiger partial charge is 0.325 e. The van der Waals surface area contributed by atoms with Gasteiger partial charge in [0.15, 0.2) is 0 Å². The molecule has 0 heterocycles. The van der Waals surface area contributed by atoms with Crippen LogP contribution in [0.5, 0.6) is 0 Å². The van der Waals surface area contributed by atoms with Crippen LogP contribution in [0.25, 0.3) is 0 Å². The number of nitrogens with one attached hydrogen (secondary N) is 1. The molecule has 1 rings (SSSR count). The summed E-state index contributed by atoms with van der Waals surface area (Å²) in [7, 11) is -3.70. The fraction of sp³-hybridized carbons (Fsp3) is 0.222. The van der Waals surface area contributed by atoms with Crippen LogP contribution in [0.2, 0.25) is 0 Å². The number of carbonyl (C=O) groups is 1. The predicted octanol–water partition coefficient (Wildman–Crippen LogP) is 0.900. The monoisotopic (exact) mass is 262 g/mol. The third-order valence-electron chi connectivity index (χ3n) is 1.81. The van der Waals surface area contributed by atoms with E-state index in [4.69, 9.17) is 16.7 Å². The van der Waals surface area contributed by atoms with Gasteiger partial charge >= 0.3 is 0 Å². The minimum Gasteiger partial charge on any atom is -0.325 e. The smallest absolute Gasteiger partial charge is 0.242 e. The zero-order valence-electron chi connectivity index (χ0n) is 8.48. The van der Waals surface area contributed by atoms with Crippen molar-refractivity contribution in [3.8, 4) is 0 Å². The Morgan fingerprint density at radius 2 is 1.88 bits per heavy atom. The van der Waals surface area contributed by atoms with Crippen molar-refractivity contribution in [1.82, 2.24) is 0 Å². The third kappa shape index (κ3) is 3.48. The molecule has 5 nitrogen and oxygen atoms in total. The summed E-state index contributed by atoms with van der Waals surface area (Å²) in [6, 6.07) is 5.50. The molecule has 88 valence electrons. The van der Waals surface area contributed by atoms with Gasteiger partial charge in [0.1, 0.15) is 5.38 Å². The highest BCUT2D eigenvalue weighted by atomic mass is 35.5. The Labute approximate surface area is 98.6 Å². The minimum absolute atomic E-state index is 0.00980. The van der Waals surface area contributed by atoms with Gasteiger partial charge < -0.3 is 5.32 Å². The van der Waals surface area contributed by atoms with E-state index in [1.54, 1.807) is 0 Å². The number of halogens is 1. The maximum absolute atomic E-state index is 11.2. The lowest BCUT2D eigenvalue weighted by Gasteiger charge is -2.06. The Morgan fingerprint density at radius 1 is 1.38 bits per heavy atom. The molecular formula is C9H11ClN2O3S. The topological polar surface area (TPSA) is 89.3 Å². The van der Waals surface area contributed by atoms with Crippen molar-refractivity contribution in [2.24, 2.45) is 5.14 Å². The van der Waals surface area contributed by atoms with Crippen LogP contribution in [0.3, 0.4) is 0 Å². The van der Waals surface area contributed by atoms with Crippen LogP contribution in [-0.2, 0) is 14.8 Å². The predicted molar refractivity (Wildman–Crippen MR) is 61.8 cm³/mol. The third-order valence-corrected chi connectivity index (χ3v) is 2.94. The Hall–Kier alpha value is -1.11. The van der Waals surface area contributed by atoms with Gasteiger partial charge in [-0.15, -0.1) is 11.6 Å². The summed E-state index contributed by atoms with van der Waals surface area (Å²) in [6.07, 6.45) is 0. The number of benzene rings is 1. The molecule has 1 aromatic carbocycles. The lowest BCUT2D eigenvalue weighted by Crippen LogP contribution is -2.20. The molecule has 0 fully saturated rings. The van der Waals surface area contributed by atoms with Crippen LogP contribution < -0.4 is 10.5 Å². The zero-order valence-corrected chi connectivity index (χ0v) is 10.0. The molecule has 0 radical (unpaired) electrons. The molecule has 1 aromatic rings. The Bertz CT molecular complexity index is 482. The zero-order chi connectivity index (χ0) is 12.3. The minimum atomic E-state index is -3.70. The van der Waals surface area contributed by atoms with Gasteiger partial charge in [0.2, 0.25) is 15.9 Å². The average molecular weight is 263 g/mol. The quantitative estimate of drug-likeness (QED) is 0.793. The van der Waals surface area contributed by atoms with Gasteiger partial charge in [-0.3, -0.25) is 4.79 Å². The second-order valence-corrected chi connectivity index (χ2v) is 5.39. The molecule has 0 bridgehead atoms. The van der Waals surface area contributed by atoms with Gasteiger partial charge in [0, 0.05) is 5.69 Å². The Balaban J connectivity index is 2.84. The first-order valence-electron chi connectivity index (χ1n) is 4.38. The summed E-state index contributed by atoms with van der Waals surface area (Å²) < 4.78 is 21.9. The van der Waals surface area contributed by atoms with E-state index < -0.39 is 15.4 Å². The Kier molecular flexibility index (Phi) is 3.90. The molecule has 3 N–H and O–H groups in total. The summed E-state index contributed by atoms with van der Waals surface area (Å²) in [4.78, 5) is 11.2. The summed E-state index contributed by atoms with van der Waals surface area (Å²) in [5.74, 6) is -0.356. The van der Waals surface area contributed by atoms with Gasteiger partial charge in [0.05, 0.1) is 4.90 Å². The molecule has 0 spiro atoms. The first kappa shape index (κ1) is 13.0. The number of sulfonamides is 1. The fourth-order valence-corrected chi connectivity index (χ4v) is 1.54. The van der Waals surface area contributed by atoms with Crippen molar-refractivity contribution in [2.75, 3.05) is 5.32 Å². The summed E-state index contributed by atoms with van der Waals surface area (Å²) >= 11 is 5.55. The van der Waals surface area contributed by atoms with E-state index in [9.17, 15) is 13.2 Å². The van der Waals surface area contributed by atoms with Crippen LogP contribution in [0, 0.1) is 0 Å². The molecule has 0 saturated heterocycles. The first-order chi connectivity index (χ1) is 7.30. The van der Waals surface area contributed by atoms with E-state index in [1.807, 2.05) is 0 Å². The molecule has 0 saturated carbocycles. The number of alkyl halides is 1. The highest BCUT2D eigenvalue weighted by Crippen LogP contribution is 2.13. The molecule has 16 heavy (non-hydrogen) atoms. The van der Waals surface area contributed by atoms with Crippen molar-refractivity contribution < 1.29 is 13.2 Å². The standard InChI is InChI=1S/C9H11ClN2O3S/c1-6(10)9(13)12-7-2-4-8(5-3-7)16(11,14)15/h2-6H,1H3,(H,12,13)(H2,11,14,15)/t6-/m1/s1. The number of nitrogens with two attached hydrogens (primary N) is 1. The first-order valence-corrected chi connectivity index (χ1v) is 6.37. The van der Waals surface area contributed by atoms with E-state index in [0.717, 1.165) is 0 Å². The number of rotatable bonds is 3. The normalized spacial score (nSPS) is 13.2. The molecule has 1 amide bonds. The lowest BCUT2D eigenvalue weighted by atomic mass is 10.3. The van der Waals surface area contributed by atoms with E-state index >= 15 is 0 Å². The number of carbonyl (C=O) groups excluding carboxylic acids is 1. The maximum atomic E-state index is 11.2. The van der Waals surface area contributed by atoms with Gasteiger partial charge in [-0.05, 0) is 31.2 Å². The SMILES string of the molecule is C[C@@H](Cl)C(=O)Nc1ccc(S(N)(=O)=O)cc1. The van der Waals surface area contributed by atoms with Crippen molar-refractivity contribution in [1.29, 1.82) is 0 Å². The van der Waals surface area contributed by atoms with Gasteiger partial charge in [-0.1, -0.05) is 0 Å². The van der Waals surface area contributed by atoms with E-state index in [1.165, 1.54) is 31.2 Å². The van der Waals surface area contributed by atoms with Crippen LogP contribution in [0.15, 0.2) is 29.2 Å². The van der Waals surface area contributed by atoms with Crippen LogP contribution >= 0.6 is 11.6 Å². The number of anilines is 1. The molecule has 0 unspecified atom stereocenters. The Morgan fingerprint density at radius 3 is 2.25 bits per heavy atom. The molecule has 7 heteroatoms. The highest BCUT2D eigenvalue weighted by Gasteiger charge is 2.10. The molecule has 0 aliphatic rings. The van der Waals surface area contributed by atoms with E-state index in [-0.39, 0.29) is 10.8 Å². The van der Waals surface area contributed by atoms with Crippen LogP contribution in [-0.4, -0.2) is 19.7 Å². The van der Waals surface area contributed by atoms with E-state index in [2.05, 4.69) is 5.32 Å². The van der Waals surface area contributed by atoms with Crippen molar-refractivity contribution >= 4 is 33.2 Å². The number of primary sulfonamides is 1. The number of hydrogen-bond donors (Lipinski definition) is 2. The van der Waals surface area contributed by atoms with Gasteiger partial charge in [-0.25, -0.2) is 13.6 Å². The van der Waals surface area contributed by atoms with Gasteiger partial charge in [-0.2, -0.15) is 0 Å². The van der Waals surface area contributed by atoms with Crippen molar-refractivity contribution in [3.05, 3.63) is 24.3 Å². The average Bonchev–Trinajstić information content (AvgIpc) is 2.17. The van der Waals surface area contributed by atoms with Crippen LogP contribution in [0.4, 0.5) is 5.69 Å². The number of hydrogen-bond acceptors (Lipinski definition) is 3. The van der Waals surface area contributed by atoms with Crippen LogP contribution in [0.1, 0.15) is 6.92 Å².